The van der Waals surface area contributed by atoms with Gasteiger partial charge in [0.15, 0.2) is 0 Å². The van der Waals surface area contributed by atoms with E-state index in [2.05, 4.69) is 15.2 Å². The fraction of sp³-hybridized carbons (Fsp3) is 0.684. The average molecular weight is 328 g/mol. The highest BCUT2D eigenvalue weighted by molar-refractivity contribution is 5.94. The van der Waals surface area contributed by atoms with Crippen LogP contribution in [0.15, 0.2) is 18.3 Å². The van der Waals surface area contributed by atoms with Gasteiger partial charge in [-0.15, -0.1) is 0 Å². The molecule has 4 rings (SSSR count). The Morgan fingerprint density at radius 3 is 2.38 bits per heavy atom. The molecule has 1 amide bonds. The van der Waals surface area contributed by atoms with Gasteiger partial charge in [0.25, 0.3) is 5.91 Å². The maximum absolute atomic E-state index is 12.7. The molecule has 24 heavy (non-hydrogen) atoms. The lowest BCUT2D eigenvalue weighted by molar-refractivity contribution is 0.0589. The molecule has 1 aromatic rings. The Kier molecular flexibility index (Phi) is 4.69. The molecular weight excluding hydrogens is 300 g/mol. The maximum atomic E-state index is 12.7. The first kappa shape index (κ1) is 15.9. The topological polar surface area (TPSA) is 48.5 Å². The van der Waals surface area contributed by atoms with E-state index in [4.69, 9.17) is 0 Å². The van der Waals surface area contributed by atoms with Crippen molar-refractivity contribution in [3.05, 3.63) is 23.9 Å². The van der Waals surface area contributed by atoms with Gasteiger partial charge < -0.3 is 15.1 Å². The number of amides is 1. The van der Waals surface area contributed by atoms with Crippen LogP contribution < -0.4 is 5.32 Å². The summed E-state index contributed by atoms with van der Waals surface area (Å²) in [6, 6.07) is 5.12. The molecule has 3 aliphatic rings. The normalized spacial score (nSPS) is 23.2. The molecule has 2 aliphatic heterocycles. The first-order valence-electron chi connectivity index (χ1n) is 9.55. The Morgan fingerprint density at radius 1 is 1.00 bits per heavy atom. The number of likely N-dealkylation sites (tertiary alicyclic amines) is 2. The Labute approximate surface area is 144 Å². The molecule has 3 heterocycles. The summed E-state index contributed by atoms with van der Waals surface area (Å²) in [6.45, 7) is 4.25. The van der Waals surface area contributed by atoms with Crippen LogP contribution in [0.5, 0.6) is 0 Å². The number of carbonyl (C=O) groups is 1. The lowest BCUT2D eigenvalue weighted by Crippen LogP contribution is -2.48. The number of piperidine rings is 2. The summed E-state index contributed by atoms with van der Waals surface area (Å²) in [4.78, 5) is 21.7. The lowest BCUT2D eigenvalue weighted by atomic mass is 9.99. The van der Waals surface area contributed by atoms with Crippen LogP contribution >= 0.6 is 0 Å². The summed E-state index contributed by atoms with van der Waals surface area (Å²) in [5.74, 6) is 1.02. The Hall–Kier alpha value is -1.62. The molecule has 0 unspecified atom stereocenters. The summed E-state index contributed by atoms with van der Waals surface area (Å²) in [7, 11) is 0. The lowest BCUT2D eigenvalue weighted by Gasteiger charge is -2.40. The second-order valence-corrected chi connectivity index (χ2v) is 7.47. The molecule has 1 saturated carbocycles. The smallest absolute Gasteiger partial charge is 0.255 e. The second-order valence-electron chi connectivity index (χ2n) is 7.47. The fourth-order valence-corrected chi connectivity index (χ4v) is 3.94. The van der Waals surface area contributed by atoms with E-state index < -0.39 is 0 Å². The van der Waals surface area contributed by atoms with Gasteiger partial charge in [-0.25, -0.2) is 4.98 Å². The van der Waals surface area contributed by atoms with Crippen molar-refractivity contribution in [2.24, 2.45) is 0 Å². The number of aromatic nitrogens is 1. The van der Waals surface area contributed by atoms with Gasteiger partial charge in [0.05, 0.1) is 5.56 Å². The van der Waals surface area contributed by atoms with E-state index in [-0.39, 0.29) is 5.91 Å². The van der Waals surface area contributed by atoms with Gasteiger partial charge in [-0.2, -0.15) is 0 Å². The van der Waals surface area contributed by atoms with Crippen molar-refractivity contribution in [2.45, 2.75) is 57.0 Å². The number of nitrogens with zero attached hydrogens (tertiary/aromatic N) is 3. The van der Waals surface area contributed by atoms with Crippen LogP contribution in [0.1, 0.15) is 55.3 Å². The minimum atomic E-state index is 0.137. The monoisotopic (exact) mass is 328 g/mol. The van der Waals surface area contributed by atoms with Crippen LogP contribution in [0.4, 0.5) is 5.82 Å². The molecular formula is C19H28N4O. The van der Waals surface area contributed by atoms with Crippen LogP contribution in [0, 0.1) is 0 Å². The van der Waals surface area contributed by atoms with Gasteiger partial charge in [-0.3, -0.25) is 4.79 Å². The van der Waals surface area contributed by atoms with Crippen molar-refractivity contribution in [2.75, 3.05) is 31.5 Å². The van der Waals surface area contributed by atoms with E-state index in [0.717, 1.165) is 31.7 Å². The molecule has 0 bridgehead atoms. The van der Waals surface area contributed by atoms with Gasteiger partial charge in [0.1, 0.15) is 5.82 Å². The van der Waals surface area contributed by atoms with Crippen molar-refractivity contribution in [3.63, 3.8) is 0 Å². The predicted molar refractivity (Wildman–Crippen MR) is 95.2 cm³/mol. The number of hydrogen-bond donors (Lipinski definition) is 1. The first-order chi connectivity index (χ1) is 11.8. The minimum absolute atomic E-state index is 0.137. The minimum Gasteiger partial charge on any atom is -0.367 e. The number of carbonyl (C=O) groups excluding carboxylic acids is 1. The number of hydrogen-bond acceptors (Lipinski definition) is 4. The SMILES string of the molecule is O=C(c1ccc(NC2CC2)nc1)N1CCC(N2CCCCC2)CC1. The summed E-state index contributed by atoms with van der Waals surface area (Å²) in [5.41, 5.74) is 0.716. The molecule has 0 radical (unpaired) electrons. The van der Waals surface area contributed by atoms with Gasteiger partial charge in [-0.1, -0.05) is 6.42 Å². The highest BCUT2D eigenvalue weighted by atomic mass is 16.2. The number of anilines is 1. The van der Waals surface area contributed by atoms with Gasteiger partial charge in [0, 0.05) is 31.4 Å². The quantitative estimate of drug-likeness (QED) is 0.923. The van der Waals surface area contributed by atoms with E-state index in [9.17, 15) is 4.79 Å². The second kappa shape index (κ2) is 7.09. The highest BCUT2D eigenvalue weighted by Gasteiger charge is 2.28. The van der Waals surface area contributed by atoms with E-state index in [1.165, 1.54) is 45.2 Å². The molecule has 2 saturated heterocycles. The summed E-state index contributed by atoms with van der Waals surface area (Å²) >= 11 is 0. The van der Waals surface area contributed by atoms with E-state index in [1.807, 2.05) is 17.0 Å². The Balaban J connectivity index is 1.30. The van der Waals surface area contributed by atoms with Crippen molar-refractivity contribution in [1.82, 2.24) is 14.8 Å². The first-order valence-corrected chi connectivity index (χ1v) is 9.55. The van der Waals surface area contributed by atoms with Crippen molar-refractivity contribution in [1.29, 1.82) is 0 Å². The van der Waals surface area contributed by atoms with E-state index >= 15 is 0 Å². The van der Waals surface area contributed by atoms with Crippen molar-refractivity contribution < 1.29 is 4.79 Å². The molecule has 130 valence electrons. The number of nitrogens with one attached hydrogen (secondary N) is 1. The third-order valence-corrected chi connectivity index (χ3v) is 5.60. The van der Waals surface area contributed by atoms with Crippen molar-refractivity contribution >= 4 is 11.7 Å². The fourth-order valence-electron chi connectivity index (χ4n) is 3.94. The zero-order chi connectivity index (χ0) is 16.4. The molecule has 1 aliphatic carbocycles. The largest absolute Gasteiger partial charge is 0.367 e. The van der Waals surface area contributed by atoms with Crippen LogP contribution in [0.25, 0.3) is 0 Å². The van der Waals surface area contributed by atoms with Crippen LogP contribution in [0.3, 0.4) is 0 Å². The third kappa shape index (κ3) is 3.72. The molecule has 0 spiro atoms. The average Bonchev–Trinajstić information content (AvgIpc) is 3.47. The summed E-state index contributed by atoms with van der Waals surface area (Å²) in [6.07, 6.45) is 10.5. The third-order valence-electron chi connectivity index (χ3n) is 5.60. The molecule has 0 atom stereocenters. The van der Waals surface area contributed by atoms with Crippen LogP contribution in [-0.2, 0) is 0 Å². The zero-order valence-electron chi connectivity index (χ0n) is 14.4. The van der Waals surface area contributed by atoms with Gasteiger partial charge in [-0.05, 0) is 63.7 Å². The number of pyridine rings is 1. The Morgan fingerprint density at radius 2 is 1.75 bits per heavy atom. The molecule has 1 N–H and O–H groups in total. The summed E-state index contributed by atoms with van der Waals surface area (Å²) in [5, 5.41) is 3.36. The molecule has 3 fully saturated rings. The molecule has 1 aromatic heterocycles. The standard InChI is InChI=1S/C19H28N4O/c24-19(15-4-7-18(20-14-15)21-16-5-6-16)23-12-8-17(9-13-23)22-10-2-1-3-11-22/h4,7,14,16-17H,1-3,5-6,8-13H2,(H,20,21). The van der Waals surface area contributed by atoms with Crippen LogP contribution in [0.2, 0.25) is 0 Å². The maximum Gasteiger partial charge on any atom is 0.255 e. The van der Waals surface area contributed by atoms with E-state index in [1.54, 1.807) is 6.20 Å². The highest BCUT2D eigenvalue weighted by Crippen LogP contribution is 2.24. The van der Waals surface area contributed by atoms with Crippen LogP contribution in [-0.4, -0.2) is 59.0 Å². The number of rotatable bonds is 4. The predicted octanol–water partition coefficient (Wildman–Crippen LogP) is 2.75. The zero-order valence-corrected chi connectivity index (χ0v) is 14.4. The Bertz CT molecular complexity index is 555. The summed E-state index contributed by atoms with van der Waals surface area (Å²) < 4.78 is 0. The molecule has 5 heteroatoms. The van der Waals surface area contributed by atoms with Gasteiger partial charge in [0.2, 0.25) is 0 Å². The van der Waals surface area contributed by atoms with Crippen molar-refractivity contribution in [3.8, 4) is 0 Å². The molecule has 5 nitrogen and oxygen atoms in total. The van der Waals surface area contributed by atoms with Gasteiger partial charge >= 0.3 is 0 Å². The molecule has 0 aromatic carbocycles. The van der Waals surface area contributed by atoms with E-state index in [0.29, 0.717) is 17.6 Å².